The van der Waals surface area contributed by atoms with Gasteiger partial charge in [0.1, 0.15) is 0 Å². The summed E-state index contributed by atoms with van der Waals surface area (Å²) < 4.78 is 23.0. The van der Waals surface area contributed by atoms with E-state index in [-0.39, 0.29) is 5.92 Å². The number of rotatable bonds is 4. The Morgan fingerprint density at radius 1 is 1.29 bits per heavy atom. The number of guanidine groups is 1. The minimum absolute atomic E-state index is 0.190. The molecule has 2 fully saturated rings. The van der Waals surface area contributed by atoms with Crippen LogP contribution in [0, 0.1) is 11.8 Å². The molecule has 1 saturated heterocycles. The zero-order valence-electron chi connectivity index (χ0n) is 13.3. The first-order valence-electron chi connectivity index (χ1n) is 8.23. The number of aliphatic imine (C=N–C) groups is 1. The lowest BCUT2D eigenvalue weighted by atomic mass is 9.87. The van der Waals surface area contributed by atoms with Crippen LogP contribution in [0.3, 0.4) is 0 Å². The largest absolute Gasteiger partial charge is 0.357 e. The van der Waals surface area contributed by atoms with Gasteiger partial charge in [-0.3, -0.25) is 4.99 Å². The third-order valence-electron chi connectivity index (χ3n) is 4.46. The Bertz CT molecular complexity index is 462. The average molecular weight is 315 g/mol. The summed E-state index contributed by atoms with van der Waals surface area (Å²) in [5.74, 6) is 2.45. The van der Waals surface area contributed by atoms with Crippen molar-refractivity contribution >= 4 is 15.8 Å². The van der Waals surface area contributed by atoms with Crippen LogP contribution in [0.5, 0.6) is 0 Å². The van der Waals surface area contributed by atoms with Gasteiger partial charge in [0.25, 0.3) is 0 Å². The summed E-state index contributed by atoms with van der Waals surface area (Å²) in [5, 5.41) is 6.80. The van der Waals surface area contributed by atoms with Gasteiger partial charge in [-0.25, -0.2) is 8.42 Å². The lowest BCUT2D eigenvalue weighted by Crippen LogP contribution is -2.45. The Hall–Kier alpha value is -0.780. The molecule has 3 atom stereocenters. The molecule has 2 N–H and O–H groups in total. The predicted octanol–water partition coefficient (Wildman–Crippen LogP) is 1.55. The molecule has 5 nitrogen and oxygen atoms in total. The standard InChI is InChI=1S/C15H29N3O2S/c1-3-16-15(18-14-6-4-5-12(2)9-14)17-10-13-7-8-21(19,20)11-13/h12-14H,3-11H2,1-2H3,(H2,16,17,18). The van der Waals surface area contributed by atoms with Gasteiger partial charge >= 0.3 is 0 Å². The molecule has 0 aromatic rings. The smallest absolute Gasteiger partial charge is 0.191 e. The zero-order valence-corrected chi connectivity index (χ0v) is 14.1. The van der Waals surface area contributed by atoms with Crippen LogP contribution in [0.15, 0.2) is 4.99 Å². The van der Waals surface area contributed by atoms with Crippen LogP contribution >= 0.6 is 0 Å². The van der Waals surface area contributed by atoms with Gasteiger partial charge in [0, 0.05) is 19.1 Å². The molecule has 0 aromatic carbocycles. The lowest BCUT2D eigenvalue weighted by Gasteiger charge is -2.29. The molecular weight excluding hydrogens is 286 g/mol. The molecule has 2 rings (SSSR count). The summed E-state index contributed by atoms with van der Waals surface area (Å²) in [6.07, 6.45) is 5.76. The second-order valence-corrected chi connectivity index (χ2v) is 8.83. The van der Waals surface area contributed by atoms with Crippen molar-refractivity contribution in [1.82, 2.24) is 10.6 Å². The highest BCUT2D eigenvalue weighted by atomic mass is 32.2. The second-order valence-electron chi connectivity index (χ2n) is 6.60. The molecule has 0 amide bonds. The Morgan fingerprint density at radius 2 is 2.10 bits per heavy atom. The molecule has 1 heterocycles. The van der Waals surface area contributed by atoms with E-state index in [2.05, 4.69) is 29.5 Å². The molecule has 3 unspecified atom stereocenters. The number of nitrogens with zero attached hydrogens (tertiary/aromatic N) is 1. The summed E-state index contributed by atoms with van der Waals surface area (Å²) in [6, 6.07) is 0.499. The van der Waals surface area contributed by atoms with Gasteiger partial charge in [-0.05, 0) is 38.0 Å². The van der Waals surface area contributed by atoms with E-state index >= 15 is 0 Å². The monoisotopic (exact) mass is 315 g/mol. The molecule has 6 heteroatoms. The Labute approximate surface area is 128 Å². The van der Waals surface area contributed by atoms with Crippen molar-refractivity contribution < 1.29 is 8.42 Å². The van der Waals surface area contributed by atoms with Crippen molar-refractivity contribution in [2.45, 2.75) is 52.0 Å². The van der Waals surface area contributed by atoms with Gasteiger partial charge < -0.3 is 10.6 Å². The molecular formula is C15H29N3O2S. The van der Waals surface area contributed by atoms with Crippen LogP contribution in [0.25, 0.3) is 0 Å². The summed E-state index contributed by atoms with van der Waals surface area (Å²) >= 11 is 0. The molecule has 1 aliphatic heterocycles. The second kappa shape index (κ2) is 7.47. The van der Waals surface area contributed by atoms with Gasteiger partial charge in [-0.1, -0.05) is 19.8 Å². The summed E-state index contributed by atoms with van der Waals surface area (Å²) in [5.41, 5.74) is 0. The first-order valence-corrected chi connectivity index (χ1v) is 10.1. The van der Waals surface area contributed by atoms with Crippen LogP contribution in [0.1, 0.15) is 46.0 Å². The van der Waals surface area contributed by atoms with E-state index in [0.717, 1.165) is 24.8 Å². The van der Waals surface area contributed by atoms with Gasteiger partial charge in [-0.15, -0.1) is 0 Å². The number of hydrogen-bond acceptors (Lipinski definition) is 3. The number of hydrogen-bond donors (Lipinski definition) is 2. The minimum atomic E-state index is -2.80. The Balaban J connectivity index is 1.87. The highest BCUT2D eigenvalue weighted by molar-refractivity contribution is 7.91. The van der Waals surface area contributed by atoms with Crippen molar-refractivity contribution in [3.8, 4) is 0 Å². The highest BCUT2D eigenvalue weighted by Gasteiger charge is 2.27. The van der Waals surface area contributed by atoms with Crippen LogP contribution in [0.4, 0.5) is 0 Å². The fourth-order valence-corrected chi connectivity index (χ4v) is 5.16. The summed E-state index contributed by atoms with van der Waals surface area (Å²) in [7, 11) is -2.80. The molecule has 0 bridgehead atoms. The van der Waals surface area contributed by atoms with E-state index in [4.69, 9.17) is 0 Å². The fourth-order valence-electron chi connectivity index (χ4n) is 3.31. The molecule has 122 valence electrons. The van der Waals surface area contributed by atoms with Crippen molar-refractivity contribution in [3.63, 3.8) is 0 Å². The first-order chi connectivity index (χ1) is 9.98. The Morgan fingerprint density at radius 3 is 2.71 bits per heavy atom. The van der Waals surface area contributed by atoms with Crippen LogP contribution < -0.4 is 10.6 Å². The number of sulfone groups is 1. The number of nitrogens with one attached hydrogen (secondary N) is 2. The third-order valence-corrected chi connectivity index (χ3v) is 6.29. The van der Waals surface area contributed by atoms with Gasteiger partial charge in [-0.2, -0.15) is 0 Å². The predicted molar refractivity (Wildman–Crippen MR) is 87.3 cm³/mol. The van der Waals surface area contributed by atoms with Crippen LogP contribution in [0.2, 0.25) is 0 Å². The molecule has 1 saturated carbocycles. The maximum Gasteiger partial charge on any atom is 0.191 e. The van der Waals surface area contributed by atoms with E-state index in [1.54, 1.807) is 0 Å². The third kappa shape index (κ3) is 5.49. The zero-order chi connectivity index (χ0) is 15.3. The SMILES string of the molecule is CCNC(=NCC1CCS(=O)(=O)C1)NC1CCCC(C)C1. The van der Waals surface area contributed by atoms with Gasteiger partial charge in [0.15, 0.2) is 15.8 Å². The van der Waals surface area contributed by atoms with E-state index in [1.165, 1.54) is 25.7 Å². The normalized spacial score (nSPS) is 32.9. The quantitative estimate of drug-likeness (QED) is 0.610. The maximum absolute atomic E-state index is 11.5. The summed E-state index contributed by atoms with van der Waals surface area (Å²) in [6.45, 7) is 5.80. The van der Waals surface area contributed by atoms with E-state index < -0.39 is 9.84 Å². The van der Waals surface area contributed by atoms with Crippen LogP contribution in [-0.4, -0.2) is 45.0 Å². The molecule has 0 spiro atoms. The van der Waals surface area contributed by atoms with Crippen LogP contribution in [-0.2, 0) is 9.84 Å². The minimum Gasteiger partial charge on any atom is -0.357 e. The lowest BCUT2D eigenvalue weighted by molar-refractivity contribution is 0.324. The molecule has 1 aliphatic carbocycles. The van der Waals surface area contributed by atoms with Crippen molar-refractivity contribution in [2.75, 3.05) is 24.6 Å². The maximum atomic E-state index is 11.5. The van der Waals surface area contributed by atoms with Gasteiger partial charge in [0.05, 0.1) is 11.5 Å². The van der Waals surface area contributed by atoms with Gasteiger partial charge in [0.2, 0.25) is 0 Å². The fraction of sp³-hybridized carbons (Fsp3) is 0.933. The molecule has 21 heavy (non-hydrogen) atoms. The van der Waals surface area contributed by atoms with Crippen molar-refractivity contribution in [3.05, 3.63) is 0 Å². The Kier molecular flexibility index (Phi) is 5.90. The molecule has 0 radical (unpaired) electrons. The van der Waals surface area contributed by atoms with E-state index in [1.807, 2.05) is 0 Å². The topological polar surface area (TPSA) is 70.6 Å². The highest BCUT2D eigenvalue weighted by Crippen LogP contribution is 2.23. The molecule has 2 aliphatic rings. The summed E-state index contributed by atoms with van der Waals surface area (Å²) in [4.78, 5) is 4.61. The molecule has 0 aromatic heterocycles. The average Bonchev–Trinajstić information content (AvgIpc) is 2.76. The van der Waals surface area contributed by atoms with E-state index in [9.17, 15) is 8.42 Å². The van der Waals surface area contributed by atoms with Crippen molar-refractivity contribution in [1.29, 1.82) is 0 Å². The van der Waals surface area contributed by atoms with Crippen molar-refractivity contribution in [2.24, 2.45) is 16.8 Å². The first kappa shape index (κ1) is 16.6. The van der Waals surface area contributed by atoms with E-state index in [0.29, 0.717) is 24.1 Å².